The smallest absolute Gasteiger partial charge is 0.266 e. The van der Waals surface area contributed by atoms with Gasteiger partial charge in [0, 0.05) is 37.6 Å². The molecule has 7 nitrogen and oxygen atoms in total. The normalized spacial score (nSPS) is 17.7. The Balaban J connectivity index is 1.43. The van der Waals surface area contributed by atoms with Gasteiger partial charge in [0.2, 0.25) is 5.90 Å². The molecule has 3 N–H and O–H groups in total. The van der Waals surface area contributed by atoms with Crippen molar-refractivity contribution in [2.24, 2.45) is 4.99 Å². The van der Waals surface area contributed by atoms with Crippen LogP contribution in [0.4, 0.5) is 8.78 Å². The zero-order valence-corrected chi connectivity index (χ0v) is 23.5. The van der Waals surface area contributed by atoms with Crippen molar-refractivity contribution >= 4 is 11.8 Å². The van der Waals surface area contributed by atoms with Crippen LogP contribution < -0.4 is 15.6 Å². The molecule has 0 aliphatic carbocycles. The number of halogens is 2. The highest BCUT2D eigenvalue weighted by molar-refractivity contribution is 6.01. The summed E-state index contributed by atoms with van der Waals surface area (Å²) in [5.41, 5.74) is 7.15. The maximum Gasteiger partial charge on any atom is 0.266 e. The zero-order chi connectivity index (χ0) is 30.1. The number of hydrogen-bond donors (Lipinski definition) is 3. The Kier molecular flexibility index (Phi) is 9.76. The van der Waals surface area contributed by atoms with Crippen LogP contribution in [0, 0.1) is 11.6 Å². The number of carbonyl (C=O) groups excluding carboxylic acids is 1. The number of aliphatic hydroxyl groups excluding tert-OH is 1. The van der Waals surface area contributed by atoms with E-state index in [2.05, 4.69) is 10.9 Å². The van der Waals surface area contributed by atoms with E-state index in [9.17, 15) is 13.6 Å². The molecule has 0 saturated carbocycles. The lowest BCUT2D eigenvalue weighted by Crippen LogP contribution is -2.54. The van der Waals surface area contributed by atoms with E-state index in [1.165, 1.54) is 12.1 Å². The second kappa shape index (κ2) is 14.0. The lowest BCUT2D eigenvalue weighted by atomic mass is 9.82. The predicted molar refractivity (Wildman–Crippen MR) is 160 cm³/mol. The number of rotatable bonds is 13. The fourth-order valence-corrected chi connectivity index (χ4v) is 5.03. The van der Waals surface area contributed by atoms with Gasteiger partial charge in [-0.2, -0.15) is 0 Å². The summed E-state index contributed by atoms with van der Waals surface area (Å²) in [5, 5.41) is 9.01. The number of carbonyl (C=O) groups is 1. The number of amides is 1. The average Bonchev–Trinajstić information content (AvgIpc) is 3.40. The molecule has 0 radical (unpaired) electrons. The zero-order valence-electron chi connectivity index (χ0n) is 23.5. The van der Waals surface area contributed by atoms with Gasteiger partial charge in [-0.05, 0) is 59.5 Å². The number of nitrogens with zero attached hydrogens (tertiary/aromatic N) is 1. The first kappa shape index (κ1) is 29.9. The first-order valence-electron chi connectivity index (χ1n) is 14.1. The Morgan fingerprint density at radius 3 is 2.26 bits per heavy atom. The minimum atomic E-state index is -1.38. The second-order valence-electron chi connectivity index (χ2n) is 10.3. The van der Waals surface area contributed by atoms with Gasteiger partial charge in [0.05, 0.1) is 6.61 Å². The summed E-state index contributed by atoms with van der Waals surface area (Å²) in [6.45, 7) is 0.680. The minimum Gasteiger partial charge on any atom is -0.494 e. The third-order valence-corrected chi connectivity index (χ3v) is 7.11. The van der Waals surface area contributed by atoms with Crippen LogP contribution in [-0.4, -0.2) is 42.2 Å². The molecule has 2 atom stereocenters. The van der Waals surface area contributed by atoms with Crippen LogP contribution in [-0.2, 0) is 22.4 Å². The van der Waals surface area contributed by atoms with Crippen LogP contribution in [0.5, 0.6) is 5.75 Å². The second-order valence-corrected chi connectivity index (χ2v) is 10.3. The molecule has 222 valence electrons. The van der Waals surface area contributed by atoms with Gasteiger partial charge in [0.25, 0.3) is 5.91 Å². The minimum absolute atomic E-state index is 0.0490. The maximum atomic E-state index is 14.1. The summed E-state index contributed by atoms with van der Waals surface area (Å²) in [4.78, 5) is 19.1. The average molecular weight is 586 g/mol. The van der Waals surface area contributed by atoms with Crippen molar-refractivity contribution in [2.45, 2.75) is 30.9 Å². The van der Waals surface area contributed by atoms with Gasteiger partial charge in [0.15, 0.2) is 11.6 Å². The highest BCUT2D eigenvalue weighted by Crippen LogP contribution is 2.42. The lowest BCUT2D eigenvalue weighted by Gasteiger charge is -2.30. The summed E-state index contributed by atoms with van der Waals surface area (Å²) in [5.74, 6) is -0.750. The molecule has 0 unspecified atom stereocenters. The van der Waals surface area contributed by atoms with E-state index in [4.69, 9.17) is 19.6 Å². The van der Waals surface area contributed by atoms with Gasteiger partial charge in [0.1, 0.15) is 17.4 Å². The molecule has 0 saturated heterocycles. The Morgan fingerprint density at radius 1 is 0.907 bits per heavy atom. The van der Waals surface area contributed by atoms with Gasteiger partial charge in [-0.1, -0.05) is 60.7 Å². The molecule has 43 heavy (non-hydrogen) atoms. The van der Waals surface area contributed by atoms with E-state index >= 15 is 0 Å². The molecule has 4 aromatic rings. The molecule has 1 amide bonds. The Hall–Kier alpha value is -4.60. The number of ether oxygens (including phenoxy) is 2. The summed E-state index contributed by atoms with van der Waals surface area (Å²) in [6.07, 6.45) is 0.326. The van der Waals surface area contributed by atoms with Gasteiger partial charge >= 0.3 is 0 Å². The van der Waals surface area contributed by atoms with Crippen LogP contribution in [0.3, 0.4) is 0 Å². The Labute approximate surface area is 249 Å². The van der Waals surface area contributed by atoms with Crippen LogP contribution in [0.1, 0.15) is 34.8 Å². The molecule has 5 rings (SSSR count). The quantitative estimate of drug-likeness (QED) is 0.150. The van der Waals surface area contributed by atoms with Gasteiger partial charge < -0.3 is 14.6 Å². The maximum absolute atomic E-state index is 14.1. The predicted octanol–water partition coefficient (Wildman–Crippen LogP) is 5.09. The standard InChI is InChI=1S/C34H33F2N3O4/c35-28-20-25(21-29(36)22-28)16-17-37-39-33(41)34(23-24-8-3-1-4-9-24)31(26-10-5-2-6-11-26)43-32(38-34)27-12-14-30(15-13-27)42-19-7-18-40/h1-6,8-15,20-22,31,37,40H,7,16-19,23H2,(H,39,41)/t31-,34-/m0/s1. The van der Waals surface area contributed by atoms with Gasteiger partial charge in [-0.25, -0.2) is 19.2 Å². The van der Waals surface area contributed by atoms with Crippen molar-refractivity contribution in [1.29, 1.82) is 0 Å². The number of nitrogens with one attached hydrogen (secondary N) is 2. The van der Waals surface area contributed by atoms with E-state index in [0.717, 1.165) is 17.2 Å². The third kappa shape index (κ3) is 7.43. The van der Waals surface area contributed by atoms with E-state index < -0.39 is 29.2 Å². The van der Waals surface area contributed by atoms with E-state index in [1.807, 2.05) is 72.8 Å². The van der Waals surface area contributed by atoms with E-state index in [1.54, 1.807) is 12.1 Å². The molecule has 1 aliphatic rings. The van der Waals surface area contributed by atoms with Crippen molar-refractivity contribution in [3.8, 4) is 5.75 Å². The third-order valence-electron chi connectivity index (χ3n) is 7.11. The highest BCUT2D eigenvalue weighted by Gasteiger charge is 2.53. The van der Waals surface area contributed by atoms with E-state index in [-0.39, 0.29) is 19.6 Å². The summed E-state index contributed by atoms with van der Waals surface area (Å²) >= 11 is 0. The summed E-state index contributed by atoms with van der Waals surface area (Å²) < 4.78 is 39.4. The van der Waals surface area contributed by atoms with Crippen LogP contribution in [0.2, 0.25) is 0 Å². The Morgan fingerprint density at radius 2 is 1.58 bits per heavy atom. The monoisotopic (exact) mass is 585 g/mol. The number of hydrogen-bond acceptors (Lipinski definition) is 6. The molecule has 0 aromatic heterocycles. The molecule has 9 heteroatoms. The molecule has 0 spiro atoms. The topological polar surface area (TPSA) is 92.2 Å². The van der Waals surface area contributed by atoms with Crippen molar-refractivity contribution < 1.29 is 28.2 Å². The van der Waals surface area contributed by atoms with Crippen LogP contribution >= 0.6 is 0 Å². The molecule has 1 aliphatic heterocycles. The largest absolute Gasteiger partial charge is 0.494 e. The molecule has 1 heterocycles. The number of hydrazine groups is 1. The van der Waals surface area contributed by atoms with Gasteiger partial charge in [-0.3, -0.25) is 10.2 Å². The SMILES string of the molecule is O=C(NNCCc1cc(F)cc(F)c1)[C@@]1(Cc2ccccc2)N=C(c2ccc(OCCCO)cc2)O[C@H]1c1ccccc1. The number of benzene rings is 4. The fraction of sp³-hybridized carbons (Fsp3) is 0.235. The molecular weight excluding hydrogens is 552 g/mol. The summed E-state index contributed by atoms with van der Waals surface area (Å²) in [7, 11) is 0. The first-order valence-corrected chi connectivity index (χ1v) is 14.1. The van der Waals surface area contributed by atoms with Crippen molar-refractivity contribution in [3.63, 3.8) is 0 Å². The molecule has 0 bridgehead atoms. The Bertz CT molecular complexity index is 1510. The van der Waals surface area contributed by atoms with Gasteiger partial charge in [-0.15, -0.1) is 0 Å². The van der Waals surface area contributed by atoms with Crippen molar-refractivity contribution in [3.05, 3.63) is 137 Å². The highest BCUT2D eigenvalue weighted by atomic mass is 19.1. The molecule has 4 aromatic carbocycles. The number of aliphatic hydroxyl groups is 1. The lowest BCUT2D eigenvalue weighted by molar-refractivity contribution is -0.130. The van der Waals surface area contributed by atoms with Crippen LogP contribution in [0.15, 0.2) is 108 Å². The van der Waals surface area contributed by atoms with Crippen LogP contribution in [0.25, 0.3) is 0 Å². The van der Waals surface area contributed by atoms with Crippen molar-refractivity contribution in [2.75, 3.05) is 19.8 Å². The number of aliphatic imine (C=N–C) groups is 1. The van der Waals surface area contributed by atoms with Crippen molar-refractivity contribution in [1.82, 2.24) is 10.9 Å². The summed E-state index contributed by atoms with van der Waals surface area (Å²) in [6, 6.07) is 29.7. The first-order chi connectivity index (χ1) is 21.0. The van der Waals surface area contributed by atoms with E-state index in [0.29, 0.717) is 42.2 Å². The molecule has 0 fully saturated rings. The molecular formula is C34H33F2N3O4. The fourth-order valence-electron chi connectivity index (χ4n) is 5.03.